The third kappa shape index (κ3) is 3.42. The highest BCUT2D eigenvalue weighted by Gasteiger charge is 2.20. The van der Waals surface area contributed by atoms with Crippen molar-refractivity contribution in [2.45, 2.75) is 30.0 Å². The molecule has 2 N–H and O–H groups in total. The van der Waals surface area contributed by atoms with Gasteiger partial charge in [0.05, 0.1) is 4.92 Å². The highest BCUT2D eigenvalue weighted by Crippen LogP contribution is 2.35. The molecule has 1 aromatic heterocycles. The van der Waals surface area contributed by atoms with Crippen molar-refractivity contribution in [3.05, 3.63) is 34.1 Å². The average Bonchev–Trinajstić information content (AvgIpc) is 2.79. The molecule has 1 aromatic carbocycles. The van der Waals surface area contributed by atoms with Gasteiger partial charge in [0.25, 0.3) is 0 Å². The Morgan fingerprint density at radius 1 is 1.50 bits per heavy atom. The van der Waals surface area contributed by atoms with Crippen LogP contribution in [0.4, 0.5) is 14.5 Å². The number of nitro groups is 1. The monoisotopic (exact) mass is 331 g/mol. The van der Waals surface area contributed by atoms with Crippen LogP contribution in [-0.4, -0.2) is 26.4 Å². The molecule has 0 aliphatic carbocycles. The van der Waals surface area contributed by atoms with Crippen LogP contribution in [0.25, 0.3) is 0 Å². The zero-order chi connectivity index (χ0) is 16.3. The largest absolute Gasteiger partial charge is 0.427 e. The van der Waals surface area contributed by atoms with Crippen LogP contribution in [0.1, 0.15) is 12.7 Å². The SMILES string of the molecule is CCc1nnc(Sc2ccc([N+](=O)[O-])c(OC(F)F)c2)n1N. The van der Waals surface area contributed by atoms with Gasteiger partial charge in [-0.2, -0.15) is 8.78 Å². The summed E-state index contributed by atoms with van der Waals surface area (Å²) >= 11 is 1.03. The maximum Gasteiger partial charge on any atom is 0.387 e. The number of rotatable bonds is 6. The number of hydrogen-bond donors (Lipinski definition) is 1. The van der Waals surface area contributed by atoms with Gasteiger partial charge in [-0.15, -0.1) is 10.2 Å². The van der Waals surface area contributed by atoms with Gasteiger partial charge in [-0.1, -0.05) is 6.92 Å². The van der Waals surface area contributed by atoms with Crippen molar-refractivity contribution in [2.24, 2.45) is 0 Å². The molecule has 118 valence electrons. The standard InChI is InChI=1S/C11H11F2N5O3S/c1-2-9-15-16-11(17(9)14)22-6-3-4-7(18(19)20)8(5-6)21-10(12)13/h3-5,10H,2,14H2,1H3. The quantitative estimate of drug-likeness (QED) is 0.491. The molecule has 0 amide bonds. The van der Waals surface area contributed by atoms with E-state index in [1.807, 2.05) is 6.92 Å². The van der Waals surface area contributed by atoms with E-state index in [2.05, 4.69) is 14.9 Å². The Morgan fingerprint density at radius 2 is 2.23 bits per heavy atom. The van der Waals surface area contributed by atoms with Gasteiger partial charge < -0.3 is 10.6 Å². The minimum Gasteiger partial charge on any atom is -0.427 e. The van der Waals surface area contributed by atoms with Crippen LogP contribution in [0.3, 0.4) is 0 Å². The maximum atomic E-state index is 12.3. The number of nitrogen functional groups attached to an aromatic ring is 1. The van der Waals surface area contributed by atoms with Crippen LogP contribution in [0.5, 0.6) is 5.75 Å². The normalized spacial score (nSPS) is 10.9. The smallest absolute Gasteiger partial charge is 0.387 e. The third-order valence-electron chi connectivity index (χ3n) is 2.60. The van der Waals surface area contributed by atoms with Crippen LogP contribution in [0.2, 0.25) is 0 Å². The fourth-order valence-corrected chi connectivity index (χ4v) is 2.42. The number of ether oxygens (including phenoxy) is 1. The number of benzene rings is 1. The molecule has 2 rings (SSSR count). The molecule has 22 heavy (non-hydrogen) atoms. The molecule has 0 fully saturated rings. The lowest BCUT2D eigenvalue weighted by molar-refractivity contribution is -0.386. The highest BCUT2D eigenvalue weighted by atomic mass is 32.2. The zero-order valence-electron chi connectivity index (χ0n) is 11.3. The summed E-state index contributed by atoms with van der Waals surface area (Å²) in [6.45, 7) is -1.31. The Morgan fingerprint density at radius 3 is 2.77 bits per heavy atom. The first-order valence-corrected chi connectivity index (χ1v) is 6.84. The first-order chi connectivity index (χ1) is 10.4. The van der Waals surface area contributed by atoms with Gasteiger partial charge in [0.1, 0.15) is 0 Å². The Kier molecular flexibility index (Phi) is 4.75. The molecular formula is C11H11F2N5O3S. The second-order valence-corrected chi connectivity index (χ2v) is 5.03. The number of aryl methyl sites for hydroxylation is 1. The van der Waals surface area contributed by atoms with Crippen LogP contribution in [-0.2, 0) is 6.42 Å². The van der Waals surface area contributed by atoms with Crippen LogP contribution >= 0.6 is 11.8 Å². The average molecular weight is 331 g/mol. The molecule has 0 radical (unpaired) electrons. The van der Waals surface area contributed by atoms with Crippen molar-refractivity contribution in [1.82, 2.24) is 14.9 Å². The summed E-state index contributed by atoms with van der Waals surface area (Å²) in [4.78, 5) is 10.4. The topological polar surface area (TPSA) is 109 Å². The molecule has 0 atom stereocenters. The molecule has 8 nitrogen and oxygen atoms in total. The summed E-state index contributed by atoms with van der Waals surface area (Å²) in [6, 6.07) is 3.61. The van der Waals surface area contributed by atoms with Gasteiger partial charge in [0.15, 0.2) is 5.82 Å². The molecule has 0 aliphatic heterocycles. The summed E-state index contributed by atoms with van der Waals surface area (Å²) in [5.74, 6) is 5.80. The number of alkyl halides is 2. The fourth-order valence-electron chi connectivity index (χ4n) is 1.62. The summed E-state index contributed by atoms with van der Waals surface area (Å²) in [7, 11) is 0. The van der Waals surface area contributed by atoms with E-state index in [0.717, 1.165) is 23.9 Å². The lowest BCUT2D eigenvalue weighted by atomic mass is 10.3. The summed E-state index contributed by atoms with van der Waals surface area (Å²) in [5, 5.41) is 18.8. The molecule has 0 spiro atoms. The molecule has 11 heteroatoms. The lowest BCUT2D eigenvalue weighted by Gasteiger charge is -2.07. The molecule has 0 saturated heterocycles. The number of halogens is 2. The van der Waals surface area contributed by atoms with Gasteiger partial charge in [0, 0.05) is 23.4 Å². The molecule has 0 bridgehead atoms. The van der Waals surface area contributed by atoms with Crippen LogP contribution < -0.4 is 10.6 Å². The predicted molar refractivity (Wildman–Crippen MR) is 73.4 cm³/mol. The van der Waals surface area contributed by atoms with E-state index in [9.17, 15) is 18.9 Å². The first kappa shape index (κ1) is 15.9. The Balaban J connectivity index is 2.31. The Labute approximate surface area is 127 Å². The predicted octanol–water partition coefficient (Wildman–Crippen LogP) is 2.22. The second kappa shape index (κ2) is 6.56. The number of nitrogens with zero attached hydrogens (tertiary/aromatic N) is 4. The van der Waals surface area contributed by atoms with Gasteiger partial charge >= 0.3 is 12.3 Å². The molecule has 1 heterocycles. The van der Waals surface area contributed by atoms with Crippen molar-refractivity contribution >= 4 is 17.4 Å². The van der Waals surface area contributed by atoms with Crippen molar-refractivity contribution in [1.29, 1.82) is 0 Å². The van der Waals surface area contributed by atoms with E-state index in [4.69, 9.17) is 5.84 Å². The minimum atomic E-state index is -3.16. The minimum absolute atomic E-state index is 0.327. The molecule has 0 saturated carbocycles. The maximum absolute atomic E-state index is 12.3. The van der Waals surface area contributed by atoms with E-state index in [-0.39, 0.29) is 0 Å². The third-order valence-corrected chi connectivity index (χ3v) is 3.56. The summed E-state index contributed by atoms with van der Waals surface area (Å²) in [5.41, 5.74) is -0.548. The number of nitro benzene ring substituents is 1. The van der Waals surface area contributed by atoms with Crippen molar-refractivity contribution in [2.75, 3.05) is 5.84 Å². The number of hydrogen-bond acceptors (Lipinski definition) is 7. The highest BCUT2D eigenvalue weighted by molar-refractivity contribution is 7.99. The van der Waals surface area contributed by atoms with Gasteiger partial charge in [-0.3, -0.25) is 10.1 Å². The Bertz CT molecular complexity index is 694. The van der Waals surface area contributed by atoms with E-state index in [0.29, 0.717) is 22.3 Å². The lowest BCUT2D eigenvalue weighted by Crippen LogP contribution is -2.13. The van der Waals surface area contributed by atoms with E-state index < -0.39 is 23.0 Å². The molecule has 0 aliphatic rings. The van der Waals surface area contributed by atoms with E-state index >= 15 is 0 Å². The summed E-state index contributed by atoms with van der Waals surface area (Å²) < 4.78 is 30.1. The Hall–Kier alpha value is -2.43. The summed E-state index contributed by atoms with van der Waals surface area (Å²) in [6.07, 6.45) is 0.573. The van der Waals surface area contributed by atoms with Crippen LogP contribution in [0, 0.1) is 10.1 Å². The van der Waals surface area contributed by atoms with Crippen molar-refractivity contribution in [3.8, 4) is 5.75 Å². The van der Waals surface area contributed by atoms with Crippen molar-refractivity contribution in [3.63, 3.8) is 0 Å². The van der Waals surface area contributed by atoms with Crippen molar-refractivity contribution < 1.29 is 18.4 Å². The first-order valence-electron chi connectivity index (χ1n) is 6.02. The van der Waals surface area contributed by atoms with E-state index in [1.165, 1.54) is 10.7 Å². The molecular weight excluding hydrogens is 320 g/mol. The van der Waals surface area contributed by atoms with Gasteiger partial charge in [-0.05, 0) is 17.8 Å². The number of aromatic nitrogens is 3. The zero-order valence-corrected chi connectivity index (χ0v) is 12.1. The molecule has 2 aromatic rings. The second-order valence-electron chi connectivity index (χ2n) is 3.99. The number of nitrogens with two attached hydrogens (primary N) is 1. The van der Waals surface area contributed by atoms with Gasteiger partial charge in [0.2, 0.25) is 10.9 Å². The molecule has 0 unspecified atom stereocenters. The van der Waals surface area contributed by atoms with E-state index in [1.54, 1.807) is 0 Å². The van der Waals surface area contributed by atoms with Crippen LogP contribution in [0.15, 0.2) is 28.3 Å². The fraction of sp³-hybridized carbons (Fsp3) is 0.273. The van der Waals surface area contributed by atoms with Gasteiger partial charge in [-0.25, -0.2) is 4.68 Å².